The van der Waals surface area contributed by atoms with E-state index in [2.05, 4.69) is 10.8 Å². The molecule has 0 saturated heterocycles. The van der Waals surface area contributed by atoms with Gasteiger partial charge in [-0.1, -0.05) is 12.1 Å². The summed E-state index contributed by atoms with van der Waals surface area (Å²) in [5.74, 6) is -0.854. The molecule has 166 valence electrons. The van der Waals surface area contributed by atoms with Gasteiger partial charge in [-0.05, 0) is 69.3 Å². The van der Waals surface area contributed by atoms with Crippen molar-refractivity contribution >= 4 is 34.1 Å². The minimum Gasteiger partial charge on any atom is -0.466 e. The molecule has 0 amide bonds. The van der Waals surface area contributed by atoms with Crippen molar-refractivity contribution in [3.05, 3.63) is 46.2 Å². The van der Waals surface area contributed by atoms with E-state index >= 15 is 0 Å². The summed E-state index contributed by atoms with van der Waals surface area (Å²) in [5, 5.41) is 11.1. The Bertz CT molecular complexity index is 1020. The lowest BCUT2D eigenvalue weighted by molar-refractivity contribution is -0.145. The average molecular weight is 461 g/mol. The van der Waals surface area contributed by atoms with Crippen molar-refractivity contribution in [2.75, 3.05) is 6.61 Å². The number of nitrogens with one attached hydrogen (secondary N) is 1. The lowest BCUT2D eigenvalue weighted by atomic mass is 9.92. The van der Waals surface area contributed by atoms with Gasteiger partial charge in [-0.15, -0.1) is 11.3 Å². The normalized spacial score (nSPS) is 14.3. The van der Waals surface area contributed by atoms with Crippen LogP contribution in [0.2, 0.25) is 0 Å². The fraction of sp³-hybridized carbons (Fsp3) is 0.435. The van der Waals surface area contributed by atoms with Gasteiger partial charge in [-0.2, -0.15) is 5.26 Å². The average Bonchev–Trinajstić information content (AvgIpc) is 3.18. The van der Waals surface area contributed by atoms with E-state index in [1.807, 2.05) is 51.3 Å². The zero-order chi connectivity index (χ0) is 23.2. The molecule has 0 aliphatic heterocycles. The fourth-order valence-electron chi connectivity index (χ4n) is 2.91. The summed E-state index contributed by atoms with van der Waals surface area (Å²) in [5.41, 5.74) is 1.42. The Morgan fingerprint density at radius 1 is 1.19 bits per heavy atom. The minimum absolute atomic E-state index is 0.00811. The van der Waals surface area contributed by atoms with Crippen LogP contribution >= 0.6 is 11.3 Å². The molecule has 31 heavy (non-hydrogen) atoms. The van der Waals surface area contributed by atoms with Crippen molar-refractivity contribution in [2.24, 2.45) is 0 Å². The summed E-state index contributed by atoms with van der Waals surface area (Å²) in [6.07, 6.45) is -0.332. The van der Waals surface area contributed by atoms with Gasteiger partial charge in [0.25, 0.3) is 0 Å². The van der Waals surface area contributed by atoms with Crippen LogP contribution in [0.1, 0.15) is 57.9 Å². The zero-order valence-electron chi connectivity index (χ0n) is 18.5. The number of hydrogen-bond acceptors (Lipinski definition) is 6. The number of thiophene rings is 1. The molecule has 1 heterocycles. The van der Waals surface area contributed by atoms with Gasteiger partial charge >= 0.3 is 5.97 Å². The number of nitriles is 1. The van der Waals surface area contributed by atoms with Crippen LogP contribution in [0.3, 0.4) is 0 Å². The lowest BCUT2D eigenvalue weighted by Gasteiger charge is -2.32. The number of carbonyl (C=O) groups excluding carboxylic acids is 2. The Labute approximate surface area is 190 Å². The van der Waals surface area contributed by atoms with E-state index in [4.69, 9.17) is 10.00 Å². The molecule has 1 aromatic heterocycles. The number of ether oxygens (including phenoxy) is 1. The molecular weight excluding hydrogens is 432 g/mol. The molecule has 0 fully saturated rings. The van der Waals surface area contributed by atoms with E-state index in [0.717, 1.165) is 16.0 Å². The maximum atomic E-state index is 12.9. The van der Waals surface area contributed by atoms with Crippen LogP contribution in [0.4, 0.5) is 0 Å². The van der Waals surface area contributed by atoms with Crippen molar-refractivity contribution in [2.45, 2.75) is 57.7 Å². The van der Waals surface area contributed by atoms with E-state index in [-0.39, 0.29) is 25.2 Å². The number of ketones is 1. The first kappa shape index (κ1) is 24.9. The first-order chi connectivity index (χ1) is 14.5. The van der Waals surface area contributed by atoms with Gasteiger partial charge in [0.1, 0.15) is 12.2 Å². The van der Waals surface area contributed by atoms with E-state index in [9.17, 15) is 13.8 Å². The first-order valence-corrected chi connectivity index (χ1v) is 12.0. The molecule has 0 radical (unpaired) electrons. The Morgan fingerprint density at radius 3 is 2.52 bits per heavy atom. The maximum absolute atomic E-state index is 12.9. The van der Waals surface area contributed by atoms with Gasteiger partial charge in [0.05, 0.1) is 39.5 Å². The highest BCUT2D eigenvalue weighted by Crippen LogP contribution is 2.36. The number of benzene rings is 1. The van der Waals surface area contributed by atoms with Gasteiger partial charge in [0, 0.05) is 11.3 Å². The quantitative estimate of drug-likeness (QED) is 0.440. The van der Waals surface area contributed by atoms with Crippen molar-refractivity contribution in [1.29, 1.82) is 5.26 Å². The van der Waals surface area contributed by atoms with Crippen LogP contribution in [0.25, 0.3) is 11.1 Å². The van der Waals surface area contributed by atoms with Crippen molar-refractivity contribution in [1.82, 2.24) is 4.72 Å². The molecule has 2 atom stereocenters. The number of Topliss-reactive ketones (excluding diaryl/α,β-unsaturated/α-hetero) is 1. The number of esters is 1. The van der Waals surface area contributed by atoms with E-state index in [1.54, 1.807) is 19.1 Å². The van der Waals surface area contributed by atoms with Crippen LogP contribution in [0, 0.1) is 11.3 Å². The highest BCUT2D eigenvalue weighted by Gasteiger charge is 2.36. The van der Waals surface area contributed by atoms with Gasteiger partial charge in [-0.25, -0.2) is 8.93 Å². The topological polar surface area (TPSA) is 96.3 Å². The number of carbonyl (C=O) groups is 2. The molecule has 1 N–H and O–H groups in total. The molecule has 0 spiro atoms. The van der Waals surface area contributed by atoms with E-state index in [1.165, 1.54) is 11.3 Å². The van der Waals surface area contributed by atoms with Gasteiger partial charge in [-0.3, -0.25) is 9.59 Å². The molecule has 0 bridgehead atoms. The molecule has 2 rings (SSSR count). The standard InChI is InChI=1S/C23H28N2O4S2/c1-6-29-21(27)12-19(26)13-23(5,25-31(28)22(2,3)4)20-11-18(15-30-20)17-9-7-8-16(10-17)14-24/h7-11,15,25H,6,12-13H2,1-5H3. The number of hydrogen-bond donors (Lipinski definition) is 1. The summed E-state index contributed by atoms with van der Waals surface area (Å²) in [6.45, 7) is 9.28. The molecule has 0 saturated carbocycles. The summed E-state index contributed by atoms with van der Waals surface area (Å²) in [6, 6.07) is 11.3. The molecule has 8 heteroatoms. The molecular formula is C23H28N2O4S2. The molecule has 0 aliphatic carbocycles. The molecule has 6 nitrogen and oxygen atoms in total. The third-order valence-corrected chi connectivity index (χ3v) is 7.48. The third-order valence-electron chi connectivity index (χ3n) is 4.54. The predicted molar refractivity (Wildman–Crippen MR) is 124 cm³/mol. The smallest absolute Gasteiger partial charge is 0.313 e. The van der Waals surface area contributed by atoms with Crippen LogP contribution in [0.15, 0.2) is 35.7 Å². The predicted octanol–water partition coefficient (Wildman–Crippen LogP) is 4.47. The second kappa shape index (κ2) is 10.3. The van der Waals surface area contributed by atoms with Crippen LogP contribution < -0.4 is 4.72 Å². The van der Waals surface area contributed by atoms with Crippen molar-refractivity contribution < 1.29 is 18.5 Å². The van der Waals surface area contributed by atoms with Crippen LogP contribution in [0.5, 0.6) is 0 Å². The number of nitrogens with zero attached hydrogens (tertiary/aromatic N) is 1. The fourth-order valence-corrected chi connectivity index (χ4v) is 4.90. The molecule has 1 aromatic carbocycles. The van der Waals surface area contributed by atoms with Gasteiger partial charge in [0.2, 0.25) is 0 Å². The number of rotatable bonds is 9. The van der Waals surface area contributed by atoms with Crippen molar-refractivity contribution in [3.63, 3.8) is 0 Å². The molecule has 0 aliphatic rings. The lowest BCUT2D eigenvalue weighted by Crippen LogP contribution is -2.47. The Morgan fingerprint density at radius 2 is 1.90 bits per heavy atom. The largest absolute Gasteiger partial charge is 0.466 e. The van der Waals surface area contributed by atoms with Crippen LogP contribution in [-0.2, 0) is 30.9 Å². The Balaban J connectivity index is 2.37. The summed E-state index contributed by atoms with van der Waals surface area (Å²) >= 11 is 1.44. The first-order valence-electron chi connectivity index (χ1n) is 9.95. The second-order valence-corrected chi connectivity index (χ2v) is 11.3. The third kappa shape index (κ3) is 6.82. The van der Waals surface area contributed by atoms with Crippen molar-refractivity contribution in [3.8, 4) is 17.2 Å². The van der Waals surface area contributed by atoms with E-state index in [0.29, 0.717) is 5.56 Å². The molecule has 2 aromatic rings. The van der Waals surface area contributed by atoms with E-state index < -0.39 is 27.2 Å². The zero-order valence-corrected chi connectivity index (χ0v) is 20.1. The SMILES string of the molecule is CCOC(=O)CC(=O)CC(C)(NS(=O)C(C)(C)C)c1cc(-c2cccc(C#N)c2)cs1. The van der Waals surface area contributed by atoms with Crippen LogP contribution in [-0.4, -0.2) is 27.3 Å². The molecule has 2 unspecified atom stereocenters. The van der Waals surface area contributed by atoms with Gasteiger partial charge in [0.15, 0.2) is 0 Å². The highest BCUT2D eigenvalue weighted by molar-refractivity contribution is 7.84. The summed E-state index contributed by atoms with van der Waals surface area (Å²) < 4.78 is 20.4. The highest BCUT2D eigenvalue weighted by atomic mass is 32.2. The van der Waals surface area contributed by atoms with Gasteiger partial charge < -0.3 is 4.74 Å². The minimum atomic E-state index is -1.43. The second-order valence-electron chi connectivity index (χ2n) is 8.40. The summed E-state index contributed by atoms with van der Waals surface area (Å²) in [4.78, 5) is 25.2. The Hall–Kier alpha value is -2.34. The summed E-state index contributed by atoms with van der Waals surface area (Å²) in [7, 11) is -1.43. The Kier molecular flexibility index (Phi) is 8.29. The maximum Gasteiger partial charge on any atom is 0.313 e. The monoisotopic (exact) mass is 460 g/mol.